The molecule has 0 aliphatic heterocycles. The van der Waals surface area contributed by atoms with Crippen molar-refractivity contribution in [3.05, 3.63) is 90.5 Å². The van der Waals surface area contributed by atoms with Crippen LogP contribution in [0, 0.1) is 6.92 Å². The summed E-state index contributed by atoms with van der Waals surface area (Å²) < 4.78 is 5.29. The highest BCUT2D eigenvalue weighted by Crippen LogP contribution is 2.32. The fourth-order valence-electron chi connectivity index (χ4n) is 3.14. The molecule has 0 atom stereocenters. The first-order valence-corrected chi connectivity index (χ1v) is 8.90. The van der Waals surface area contributed by atoms with Crippen LogP contribution in [0.2, 0.25) is 0 Å². The zero-order valence-corrected chi connectivity index (χ0v) is 15.4. The van der Waals surface area contributed by atoms with Crippen molar-refractivity contribution in [1.82, 2.24) is 9.97 Å². The lowest BCUT2D eigenvalue weighted by atomic mass is 10.0. The summed E-state index contributed by atoms with van der Waals surface area (Å²) in [6.07, 6.45) is 0. The van der Waals surface area contributed by atoms with E-state index in [0.29, 0.717) is 0 Å². The predicted molar refractivity (Wildman–Crippen MR) is 110 cm³/mol. The van der Waals surface area contributed by atoms with Gasteiger partial charge in [-0.05, 0) is 31.2 Å². The third-order valence-electron chi connectivity index (χ3n) is 4.59. The van der Waals surface area contributed by atoms with Crippen molar-refractivity contribution in [3.63, 3.8) is 0 Å². The van der Waals surface area contributed by atoms with Crippen molar-refractivity contribution in [2.24, 2.45) is 0 Å². The van der Waals surface area contributed by atoms with Gasteiger partial charge in [-0.2, -0.15) is 0 Å². The van der Waals surface area contributed by atoms with E-state index in [2.05, 4.69) is 19.1 Å². The van der Waals surface area contributed by atoms with Gasteiger partial charge in [0.15, 0.2) is 5.82 Å². The maximum atomic E-state index is 5.29. The highest BCUT2D eigenvalue weighted by Gasteiger charge is 2.15. The maximum Gasteiger partial charge on any atom is 0.160 e. The molecule has 0 fully saturated rings. The Morgan fingerprint density at radius 2 is 1.07 bits per heavy atom. The van der Waals surface area contributed by atoms with Crippen molar-refractivity contribution in [1.29, 1.82) is 0 Å². The van der Waals surface area contributed by atoms with Crippen molar-refractivity contribution < 1.29 is 4.74 Å². The van der Waals surface area contributed by atoms with Gasteiger partial charge in [0.05, 0.1) is 18.5 Å². The molecule has 3 aromatic carbocycles. The largest absolute Gasteiger partial charge is 0.497 e. The molecule has 0 aliphatic rings. The molecule has 4 aromatic rings. The van der Waals surface area contributed by atoms with Gasteiger partial charge in [0.2, 0.25) is 0 Å². The number of aromatic nitrogens is 2. The Bertz CT molecular complexity index is 1040. The summed E-state index contributed by atoms with van der Waals surface area (Å²) in [6.45, 7) is 2.08. The van der Waals surface area contributed by atoms with Crippen LogP contribution in [0.5, 0.6) is 5.75 Å². The zero-order chi connectivity index (χ0) is 18.6. The smallest absolute Gasteiger partial charge is 0.160 e. The van der Waals surface area contributed by atoms with Crippen LogP contribution in [0.1, 0.15) is 5.56 Å². The fraction of sp³-hybridized carbons (Fsp3) is 0.0833. The normalized spacial score (nSPS) is 10.6. The van der Waals surface area contributed by atoms with Crippen LogP contribution in [-0.2, 0) is 0 Å². The van der Waals surface area contributed by atoms with Gasteiger partial charge in [0.1, 0.15) is 5.75 Å². The van der Waals surface area contributed by atoms with Gasteiger partial charge < -0.3 is 4.74 Å². The Morgan fingerprint density at radius 3 is 1.59 bits per heavy atom. The summed E-state index contributed by atoms with van der Waals surface area (Å²) in [7, 11) is 1.67. The van der Waals surface area contributed by atoms with E-state index in [0.717, 1.165) is 45.2 Å². The quantitative estimate of drug-likeness (QED) is 0.466. The van der Waals surface area contributed by atoms with Gasteiger partial charge in [-0.15, -0.1) is 0 Å². The first-order valence-electron chi connectivity index (χ1n) is 8.90. The summed E-state index contributed by atoms with van der Waals surface area (Å²) in [5.41, 5.74) is 6.09. The molecule has 27 heavy (non-hydrogen) atoms. The molecule has 0 N–H and O–H groups in total. The Morgan fingerprint density at radius 1 is 0.593 bits per heavy atom. The van der Waals surface area contributed by atoms with E-state index >= 15 is 0 Å². The summed E-state index contributed by atoms with van der Waals surface area (Å²) in [5.74, 6) is 1.56. The van der Waals surface area contributed by atoms with Crippen molar-refractivity contribution in [3.8, 4) is 39.7 Å². The van der Waals surface area contributed by atoms with E-state index in [4.69, 9.17) is 14.7 Å². The second-order valence-electron chi connectivity index (χ2n) is 6.33. The van der Waals surface area contributed by atoms with Crippen LogP contribution >= 0.6 is 0 Å². The Balaban J connectivity index is 1.94. The van der Waals surface area contributed by atoms with Crippen LogP contribution < -0.4 is 4.74 Å². The lowest BCUT2D eigenvalue weighted by Gasteiger charge is -2.14. The molecule has 3 heteroatoms. The molecule has 0 saturated carbocycles. The minimum Gasteiger partial charge on any atom is -0.497 e. The summed E-state index contributed by atoms with van der Waals surface area (Å²) >= 11 is 0. The van der Waals surface area contributed by atoms with Gasteiger partial charge in [-0.3, -0.25) is 0 Å². The van der Waals surface area contributed by atoms with Gasteiger partial charge in [-0.25, -0.2) is 9.97 Å². The van der Waals surface area contributed by atoms with Gasteiger partial charge in [0, 0.05) is 22.3 Å². The van der Waals surface area contributed by atoms with Gasteiger partial charge in [-0.1, -0.05) is 60.7 Å². The number of rotatable bonds is 4. The number of benzene rings is 3. The second-order valence-corrected chi connectivity index (χ2v) is 6.33. The number of ether oxygens (including phenoxy) is 1. The van der Waals surface area contributed by atoms with E-state index in [-0.39, 0.29) is 0 Å². The Labute approximate surface area is 159 Å². The van der Waals surface area contributed by atoms with E-state index in [9.17, 15) is 0 Å². The van der Waals surface area contributed by atoms with E-state index < -0.39 is 0 Å². The zero-order valence-electron chi connectivity index (χ0n) is 15.4. The third kappa shape index (κ3) is 3.44. The molecule has 132 valence electrons. The van der Waals surface area contributed by atoms with E-state index in [1.807, 2.05) is 72.8 Å². The van der Waals surface area contributed by atoms with Crippen LogP contribution in [0.3, 0.4) is 0 Å². The SMILES string of the molecule is COc1ccc(-c2nc(-c3ccccc3)nc(-c3ccccc3)c2C)cc1. The number of hydrogen-bond acceptors (Lipinski definition) is 3. The molecule has 3 nitrogen and oxygen atoms in total. The molecule has 0 spiro atoms. The molecule has 1 aromatic heterocycles. The lowest BCUT2D eigenvalue weighted by Crippen LogP contribution is -2.00. The monoisotopic (exact) mass is 352 g/mol. The standard InChI is InChI=1S/C24H20N2O/c1-17-22(18-9-5-3-6-10-18)25-24(20-11-7-4-8-12-20)26-23(17)19-13-15-21(27-2)16-14-19/h3-16H,1-2H3. The third-order valence-corrected chi connectivity index (χ3v) is 4.59. The van der Waals surface area contributed by atoms with E-state index in [1.54, 1.807) is 7.11 Å². The molecular formula is C24H20N2O. The molecule has 0 unspecified atom stereocenters. The topological polar surface area (TPSA) is 35.0 Å². The second kappa shape index (κ2) is 7.42. The number of hydrogen-bond donors (Lipinski definition) is 0. The van der Waals surface area contributed by atoms with Gasteiger partial charge >= 0.3 is 0 Å². The molecule has 0 aliphatic carbocycles. The highest BCUT2D eigenvalue weighted by molar-refractivity contribution is 5.76. The minimum absolute atomic E-state index is 0.728. The number of nitrogens with zero attached hydrogens (tertiary/aromatic N) is 2. The van der Waals surface area contributed by atoms with Crippen LogP contribution in [0.15, 0.2) is 84.9 Å². The maximum absolute atomic E-state index is 5.29. The molecule has 4 rings (SSSR count). The molecule has 0 saturated heterocycles. The summed E-state index contributed by atoms with van der Waals surface area (Å²) in [6, 6.07) is 28.3. The molecule has 1 heterocycles. The van der Waals surface area contributed by atoms with Crippen LogP contribution in [0.4, 0.5) is 0 Å². The van der Waals surface area contributed by atoms with Crippen LogP contribution in [-0.4, -0.2) is 17.1 Å². The minimum atomic E-state index is 0.728. The predicted octanol–water partition coefficient (Wildman–Crippen LogP) is 5.79. The van der Waals surface area contributed by atoms with Gasteiger partial charge in [0.25, 0.3) is 0 Å². The summed E-state index contributed by atoms with van der Waals surface area (Å²) in [5, 5.41) is 0. The van der Waals surface area contributed by atoms with Crippen LogP contribution in [0.25, 0.3) is 33.9 Å². The van der Waals surface area contributed by atoms with E-state index in [1.165, 1.54) is 0 Å². The molecular weight excluding hydrogens is 332 g/mol. The summed E-state index contributed by atoms with van der Waals surface area (Å²) in [4.78, 5) is 9.80. The first-order chi connectivity index (χ1) is 13.3. The molecule has 0 amide bonds. The highest BCUT2D eigenvalue weighted by atomic mass is 16.5. The van der Waals surface area contributed by atoms with Crippen molar-refractivity contribution >= 4 is 0 Å². The lowest BCUT2D eigenvalue weighted by molar-refractivity contribution is 0.415. The van der Waals surface area contributed by atoms with Crippen molar-refractivity contribution in [2.75, 3.05) is 7.11 Å². The fourth-order valence-corrected chi connectivity index (χ4v) is 3.14. The number of methoxy groups -OCH3 is 1. The van der Waals surface area contributed by atoms with Crippen molar-refractivity contribution in [2.45, 2.75) is 6.92 Å². The Kier molecular flexibility index (Phi) is 4.67. The average Bonchev–Trinajstić information content (AvgIpc) is 2.75. The molecule has 0 radical (unpaired) electrons. The average molecular weight is 352 g/mol. The Hall–Kier alpha value is -3.46. The first kappa shape index (κ1) is 17.0. The molecule has 0 bridgehead atoms.